The molecule has 0 fully saturated rings. The van der Waals surface area contributed by atoms with Gasteiger partial charge in [-0.2, -0.15) is 0 Å². The monoisotopic (exact) mass is 354 g/mol. The Kier molecular flexibility index (Phi) is 3.86. The molecule has 1 N–H and O–H groups in total. The highest BCUT2D eigenvalue weighted by Crippen LogP contribution is 2.41. The number of nitrogens with one attached hydrogen (secondary N) is 1. The van der Waals surface area contributed by atoms with E-state index in [9.17, 15) is 0 Å². The molecule has 0 bridgehead atoms. The molecular weight excluding hydrogens is 332 g/mol. The van der Waals surface area contributed by atoms with Gasteiger partial charge in [-0.05, 0) is 41.8 Å². The van der Waals surface area contributed by atoms with E-state index in [1.807, 2.05) is 6.07 Å². The van der Waals surface area contributed by atoms with E-state index in [4.69, 9.17) is 4.74 Å². The van der Waals surface area contributed by atoms with Gasteiger partial charge in [0.1, 0.15) is 5.75 Å². The van der Waals surface area contributed by atoms with Crippen LogP contribution in [0.4, 0.5) is 5.69 Å². The van der Waals surface area contributed by atoms with Gasteiger partial charge in [-0.15, -0.1) is 0 Å². The van der Waals surface area contributed by atoms with Crippen LogP contribution in [0.5, 0.6) is 5.75 Å². The van der Waals surface area contributed by atoms with Gasteiger partial charge < -0.3 is 14.6 Å². The largest absolute Gasteiger partial charge is 0.497 e. The van der Waals surface area contributed by atoms with Gasteiger partial charge in [-0.1, -0.05) is 42.5 Å². The van der Waals surface area contributed by atoms with Crippen LogP contribution in [0, 0.1) is 0 Å². The van der Waals surface area contributed by atoms with Crippen molar-refractivity contribution in [3.63, 3.8) is 0 Å². The van der Waals surface area contributed by atoms with Gasteiger partial charge in [0.05, 0.1) is 13.2 Å². The molecule has 27 heavy (non-hydrogen) atoms. The molecule has 1 aromatic heterocycles. The molecule has 4 aromatic rings. The Hall–Kier alpha value is -3.20. The lowest BCUT2D eigenvalue weighted by molar-refractivity contribution is 0.415. The van der Waals surface area contributed by atoms with E-state index in [-0.39, 0.29) is 6.04 Å². The summed E-state index contributed by atoms with van der Waals surface area (Å²) in [5, 5.41) is 1.25. The predicted octanol–water partition coefficient (Wildman–Crippen LogP) is 5.33. The van der Waals surface area contributed by atoms with Gasteiger partial charge in [-0.3, -0.25) is 0 Å². The van der Waals surface area contributed by atoms with Crippen LogP contribution >= 0.6 is 0 Å². The molecule has 3 aromatic carbocycles. The third kappa shape index (κ3) is 2.67. The van der Waals surface area contributed by atoms with E-state index in [2.05, 4.69) is 82.8 Å². The number of methoxy groups -OCH3 is 1. The summed E-state index contributed by atoms with van der Waals surface area (Å²) in [6.07, 6.45) is 3.23. The first-order valence-electron chi connectivity index (χ1n) is 9.39. The normalized spacial score (nSPS) is 16.3. The number of H-pyrrole nitrogens is 1. The first-order chi connectivity index (χ1) is 13.3. The van der Waals surface area contributed by atoms with Crippen LogP contribution in [0.15, 0.2) is 79.0 Å². The molecule has 3 heteroatoms. The molecule has 0 saturated carbocycles. The highest BCUT2D eigenvalue weighted by atomic mass is 16.5. The van der Waals surface area contributed by atoms with Gasteiger partial charge in [0.2, 0.25) is 0 Å². The molecule has 1 aliphatic heterocycles. The van der Waals surface area contributed by atoms with Crippen molar-refractivity contribution in [2.45, 2.75) is 12.5 Å². The number of fused-ring (bicyclic) bond motifs is 2. The number of benzene rings is 3. The molecule has 0 spiro atoms. The maximum absolute atomic E-state index is 5.39. The van der Waals surface area contributed by atoms with Crippen molar-refractivity contribution in [2.24, 2.45) is 0 Å². The summed E-state index contributed by atoms with van der Waals surface area (Å²) in [5.74, 6) is 0.875. The number of nitrogens with zero attached hydrogens (tertiary/aromatic N) is 1. The number of aromatic nitrogens is 1. The van der Waals surface area contributed by atoms with E-state index in [1.165, 1.54) is 27.8 Å². The first-order valence-corrected chi connectivity index (χ1v) is 9.39. The molecule has 134 valence electrons. The van der Waals surface area contributed by atoms with Crippen LogP contribution in [0.2, 0.25) is 0 Å². The molecule has 2 heterocycles. The van der Waals surface area contributed by atoms with E-state index in [0.717, 1.165) is 24.2 Å². The zero-order valence-corrected chi connectivity index (χ0v) is 15.4. The molecule has 0 saturated heterocycles. The lowest BCUT2D eigenvalue weighted by atomic mass is 9.87. The van der Waals surface area contributed by atoms with Crippen LogP contribution in [-0.2, 0) is 6.42 Å². The SMILES string of the molecule is COc1ccc2c([C@H]3c4ccccc4CCN3c3ccccc3)c[nH]c2c1. The molecular formula is C24H22N2O. The summed E-state index contributed by atoms with van der Waals surface area (Å²) in [6, 6.07) is 26.0. The quantitative estimate of drug-likeness (QED) is 0.539. The molecule has 0 unspecified atom stereocenters. The van der Waals surface area contributed by atoms with Gasteiger partial charge in [0.15, 0.2) is 0 Å². The fourth-order valence-corrected chi connectivity index (χ4v) is 4.28. The Morgan fingerprint density at radius 1 is 0.926 bits per heavy atom. The number of hydrogen-bond acceptors (Lipinski definition) is 2. The van der Waals surface area contributed by atoms with E-state index < -0.39 is 0 Å². The minimum atomic E-state index is 0.194. The number of hydrogen-bond donors (Lipinski definition) is 1. The third-order valence-corrected chi connectivity index (χ3v) is 5.59. The average molecular weight is 354 g/mol. The third-order valence-electron chi connectivity index (χ3n) is 5.59. The number of rotatable bonds is 3. The van der Waals surface area contributed by atoms with Crippen LogP contribution in [0.25, 0.3) is 10.9 Å². The fraction of sp³-hybridized carbons (Fsp3) is 0.167. The number of para-hydroxylation sites is 1. The summed E-state index contributed by atoms with van der Waals surface area (Å²) in [4.78, 5) is 5.98. The molecule has 3 nitrogen and oxygen atoms in total. The molecule has 1 atom stereocenters. The molecule has 0 radical (unpaired) electrons. The maximum Gasteiger partial charge on any atom is 0.120 e. The number of ether oxygens (including phenoxy) is 1. The highest BCUT2D eigenvalue weighted by Gasteiger charge is 2.30. The second-order valence-corrected chi connectivity index (χ2v) is 7.04. The highest BCUT2D eigenvalue weighted by molar-refractivity contribution is 5.86. The van der Waals surface area contributed by atoms with Crippen LogP contribution < -0.4 is 9.64 Å². The molecule has 0 amide bonds. The molecule has 5 rings (SSSR count). The number of aromatic amines is 1. The fourth-order valence-electron chi connectivity index (χ4n) is 4.28. The summed E-state index contributed by atoms with van der Waals surface area (Å²) >= 11 is 0. The Labute approximate surface area is 159 Å². The average Bonchev–Trinajstić information content (AvgIpc) is 3.16. The van der Waals surface area contributed by atoms with Crippen LogP contribution in [-0.4, -0.2) is 18.6 Å². The second-order valence-electron chi connectivity index (χ2n) is 7.04. The first kappa shape index (κ1) is 16.0. The van der Waals surface area contributed by atoms with E-state index in [0.29, 0.717) is 0 Å². The van der Waals surface area contributed by atoms with Crippen LogP contribution in [0.3, 0.4) is 0 Å². The minimum absolute atomic E-state index is 0.194. The van der Waals surface area contributed by atoms with Gasteiger partial charge in [0.25, 0.3) is 0 Å². The zero-order chi connectivity index (χ0) is 18.2. The lowest BCUT2D eigenvalue weighted by Crippen LogP contribution is -2.36. The van der Waals surface area contributed by atoms with E-state index in [1.54, 1.807) is 7.11 Å². The zero-order valence-electron chi connectivity index (χ0n) is 15.4. The molecule has 1 aliphatic rings. The standard InChI is InChI=1S/C24H22N2O/c1-27-19-11-12-21-22(16-25-23(21)15-19)24-20-10-6-5-7-17(20)13-14-26(24)18-8-3-2-4-9-18/h2-12,15-16,24-25H,13-14H2,1H3/t24-/m1/s1. The summed E-state index contributed by atoms with van der Waals surface area (Å²) in [6.45, 7) is 1.01. The summed E-state index contributed by atoms with van der Waals surface area (Å²) in [5.41, 5.74) is 6.52. The summed E-state index contributed by atoms with van der Waals surface area (Å²) < 4.78 is 5.39. The Balaban J connectivity index is 1.70. The Morgan fingerprint density at radius 2 is 1.74 bits per heavy atom. The van der Waals surface area contributed by atoms with Gasteiger partial charge in [0, 0.05) is 41.0 Å². The van der Waals surface area contributed by atoms with Gasteiger partial charge in [-0.25, -0.2) is 0 Å². The van der Waals surface area contributed by atoms with Crippen molar-refractivity contribution in [3.05, 3.63) is 95.7 Å². The summed E-state index contributed by atoms with van der Waals surface area (Å²) in [7, 11) is 1.71. The van der Waals surface area contributed by atoms with Crippen molar-refractivity contribution >= 4 is 16.6 Å². The van der Waals surface area contributed by atoms with Crippen LogP contribution in [0.1, 0.15) is 22.7 Å². The topological polar surface area (TPSA) is 28.3 Å². The Morgan fingerprint density at radius 3 is 2.59 bits per heavy atom. The smallest absolute Gasteiger partial charge is 0.120 e. The predicted molar refractivity (Wildman–Crippen MR) is 111 cm³/mol. The van der Waals surface area contributed by atoms with Crippen molar-refractivity contribution < 1.29 is 4.74 Å². The minimum Gasteiger partial charge on any atom is -0.497 e. The van der Waals surface area contributed by atoms with Crippen molar-refractivity contribution in [1.82, 2.24) is 4.98 Å². The van der Waals surface area contributed by atoms with E-state index >= 15 is 0 Å². The second kappa shape index (κ2) is 6.51. The van der Waals surface area contributed by atoms with Crippen molar-refractivity contribution in [2.75, 3.05) is 18.6 Å². The van der Waals surface area contributed by atoms with Gasteiger partial charge >= 0.3 is 0 Å². The lowest BCUT2D eigenvalue weighted by Gasteiger charge is -2.39. The Bertz CT molecular complexity index is 1080. The maximum atomic E-state index is 5.39. The molecule has 0 aliphatic carbocycles. The number of anilines is 1. The van der Waals surface area contributed by atoms with Crippen molar-refractivity contribution in [1.29, 1.82) is 0 Å². The van der Waals surface area contributed by atoms with Crippen molar-refractivity contribution in [3.8, 4) is 5.75 Å².